The predicted molar refractivity (Wildman–Crippen MR) is 69.5 cm³/mol. The average molecular weight is 380 g/mol. The van der Waals surface area contributed by atoms with Gasteiger partial charge >= 0.3 is 7.25 Å². The number of hydrogen-bond acceptors (Lipinski definition) is 2. The first kappa shape index (κ1) is 27.3. The molecular formula is C12H18BF4N2Rh-. The SMILES string of the molecule is C1=C\CC/C=C\CC/1.CC#N.CC#N.F[B-](F)(F)F.[Rh]. The minimum atomic E-state index is -6.00. The van der Waals surface area contributed by atoms with Gasteiger partial charge in [-0.2, -0.15) is 10.5 Å². The molecule has 0 saturated carbocycles. The van der Waals surface area contributed by atoms with Crippen LogP contribution in [0.4, 0.5) is 17.3 Å². The molecule has 0 fully saturated rings. The quantitative estimate of drug-likeness (QED) is 0.336. The van der Waals surface area contributed by atoms with Gasteiger partial charge < -0.3 is 17.3 Å². The van der Waals surface area contributed by atoms with Crippen molar-refractivity contribution in [3.05, 3.63) is 24.3 Å². The molecule has 20 heavy (non-hydrogen) atoms. The smallest absolute Gasteiger partial charge is 0.418 e. The van der Waals surface area contributed by atoms with Crippen molar-refractivity contribution in [3.8, 4) is 12.1 Å². The maximum Gasteiger partial charge on any atom is 0.673 e. The minimum absolute atomic E-state index is 0. The maximum absolute atomic E-state index is 9.75. The van der Waals surface area contributed by atoms with Gasteiger partial charge in [-0.05, 0) is 25.7 Å². The number of nitriles is 2. The molecule has 117 valence electrons. The molecule has 1 radical (unpaired) electrons. The number of hydrogen-bond donors (Lipinski definition) is 0. The van der Waals surface area contributed by atoms with E-state index in [0.29, 0.717) is 0 Å². The number of rotatable bonds is 0. The van der Waals surface area contributed by atoms with Crippen LogP contribution in [0.15, 0.2) is 24.3 Å². The van der Waals surface area contributed by atoms with E-state index < -0.39 is 7.25 Å². The van der Waals surface area contributed by atoms with Crippen LogP contribution in [0.5, 0.6) is 0 Å². The fourth-order valence-electron chi connectivity index (χ4n) is 0.856. The molecule has 1 rings (SSSR count). The van der Waals surface area contributed by atoms with E-state index in [0.717, 1.165) is 0 Å². The fraction of sp³-hybridized carbons (Fsp3) is 0.500. The second-order valence-corrected chi connectivity index (χ2v) is 3.04. The summed E-state index contributed by atoms with van der Waals surface area (Å²) >= 11 is 0. The van der Waals surface area contributed by atoms with E-state index in [2.05, 4.69) is 24.3 Å². The Hall–Kier alpha value is -1.13. The maximum atomic E-state index is 9.75. The summed E-state index contributed by atoms with van der Waals surface area (Å²) in [5.74, 6) is 0. The van der Waals surface area contributed by atoms with Crippen molar-refractivity contribution in [2.75, 3.05) is 0 Å². The molecule has 0 aliphatic heterocycles. The summed E-state index contributed by atoms with van der Waals surface area (Å²) in [5, 5.41) is 14.6. The van der Waals surface area contributed by atoms with Crippen LogP contribution in [-0.4, -0.2) is 7.25 Å². The normalized spacial score (nSPS) is 15.0. The van der Waals surface area contributed by atoms with Gasteiger partial charge in [0.2, 0.25) is 0 Å². The summed E-state index contributed by atoms with van der Waals surface area (Å²) in [6.45, 7) is 2.86. The topological polar surface area (TPSA) is 47.6 Å². The summed E-state index contributed by atoms with van der Waals surface area (Å²) in [4.78, 5) is 0. The van der Waals surface area contributed by atoms with Crippen molar-refractivity contribution < 1.29 is 36.7 Å². The molecule has 0 aromatic carbocycles. The van der Waals surface area contributed by atoms with Crippen molar-refractivity contribution in [2.24, 2.45) is 0 Å². The van der Waals surface area contributed by atoms with Crippen LogP contribution in [0.1, 0.15) is 39.5 Å². The molecule has 1 aliphatic carbocycles. The van der Waals surface area contributed by atoms with Crippen molar-refractivity contribution in [1.82, 2.24) is 0 Å². The zero-order chi connectivity index (χ0) is 15.6. The molecule has 0 aromatic rings. The molecule has 8 heteroatoms. The van der Waals surface area contributed by atoms with E-state index >= 15 is 0 Å². The molecule has 0 bridgehead atoms. The third-order valence-electron chi connectivity index (χ3n) is 1.33. The van der Waals surface area contributed by atoms with Crippen molar-refractivity contribution in [3.63, 3.8) is 0 Å². The van der Waals surface area contributed by atoms with Gasteiger partial charge in [0.1, 0.15) is 0 Å². The first-order chi connectivity index (χ1) is 8.83. The van der Waals surface area contributed by atoms with E-state index in [9.17, 15) is 17.3 Å². The molecular weight excluding hydrogens is 362 g/mol. The molecule has 0 spiro atoms. The first-order valence-corrected chi connectivity index (χ1v) is 5.62. The van der Waals surface area contributed by atoms with E-state index in [-0.39, 0.29) is 19.5 Å². The van der Waals surface area contributed by atoms with E-state index in [1.54, 1.807) is 12.1 Å². The van der Waals surface area contributed by atoms with Crippen molar-refractivity contribution in [2.45, 2.75) is 39.5 Å². The van der Waals surface area contributed by atoms with Gasteiger partial charge in [0.25, 0.3) is 0 Å². The predicted octanol–water partition coefficient (Wildman–Crippen LogP) is 5.03. The zero-order valence-electron chi connectivity index (χ0n) is 11.5. The zero-order valence-corrected chi connectivity index (χ0v) is 13.1. The van der Waals surface area contributed by atoms with Crippen LogP contribution in [-0.2, 0) is 19.5 Å². The molecule has 0 heterocycles. The van der Waals surface area contributed by atoms with Crippen molar-refractivity contribution in [1.29, 1.82) is 10.5 Å². The largest absolute Gasteiger partial charge is 0.673 e. The molecule has 0 amide bonds. The van der Waals surface area contributed by atoms with Crippen LogP contribution in [0, 0.1) is 22.7 Å². The van der Waals surface area contributed by atoms with E-state index in [1.165, 1.54) is 39.5 Å². The summed E-state index contributed by atoms with van der Waals surface area (Å²) < 4.78 is 39.0. The second-order valence-electron chi connectivity index (χ2n) is 3.04. The number of allylic oxidation sites excluding steroid dienone is 4. The van der Waals surface area contributed by atoms with Gasteiger partial charge in [0.05, 0.1) is 12.1 Å². The fourth-order valence-corrected chi connectivity index (χ4v) is 0.856. The van der Waals surface area contributed by atoms with Crippen LogP contribution in [0.3, 0.4) is 0 Å². The Labute approximate surface area is 131 Å². The molecule has 0 aromatic heterocycles. The Balaban J connectivity index is -0.0000000935. The Morgan fingerprint density at radius 1 is 0.750 bits per heavy atom. The van der Waals surface area contributed by atoms with Gasteiger partial charge in [-0.15, -0.1) is 0 Å². The average Bonchev–Trinajstić information content (AvgIpc) is 2.15. The Morgan fingerprint density at radius 2 is 0.850 bits per heavy atom. The van der Waals surface area contributed by atoms with E-state index in [1.807, 2.05) is 0 Å². The van der Waals surface area contributed by atoms with Gasteiger partial charge in [-0.25, -0.2) is 0 Å². The molecule has 0 atom stereocenters. The van der Waals surface area contributed by atoms with Gasteiger partial charge in [0, 0.05) is 33.3 Å². The van der Waals surface area contributed by atoms with Crippen LogP contribution < -0.4 is 0 Å². The molecule has 0 saturated heterocycles. The summed E-state index contributed by atoms with van der Waals surface area (Å²) in [6, 6.07) is 3.50. The van der Waals surface area contributed by atoms with E-state index in [4.69, 9.17) is 10.5 Å². The van der Waals surface area contributed by atoms with Crippen LogP contribution in [0.2, 0.25) is 0 Å². The molecule has 2 nitrogen and oxygen atoms in total. The first-order valence-electron chi connectivity index (χ1n) is 5.62. The molecule has 0 unspecified atom stereocenters. The molecule has 0 N–H and O–H groups in total. The number of halogens is 4. The summed E-state index contributed by atoms with van der Waals surface area (Å²) in [7, 11) is -6.00. The van der Waals surface area contributed by atoms with Crippen molar-refractivity contribution >= 4 is 7.25 Å². The Morgan fingerprint density at radius 3 is 0.950 bits per heavy atom. The third kappa shape index (κ3) is 90.0. The Kier molecular flexibility index (Phi) is 31.3. The summed E-state index contributed by atoms with van der Waals surface area (Å²) in [6.07, 6.45) is 14.0. The standard InChI is InChI=1S/C8H12.2C2H3N.BF4.Rh/c1-2-4-6-8-7-5-3-1;2*1-2-3;2-1(3,4)5;/h1-2,7-8H,3-6H2;2*1H3;;/q;;;-1;/b2-1-,8-7-;;;;. The molecule has 1 aliphatic rings. The van der Waals surface area contributed by atoms with Crippen LogP contribution >= 0.6 is 0 Å². The van der Waals surface area contributed by atoms with Crippen LogP contribution in [0.25, 0.3) is 0 Å². The van der Waals surface area contributed by atoms with Gasteiger partial charge in [-0.3, -0.25) is 0 Å². The third-order valence-corrected chi connectivity index (χ3v) is 1.33. The minimum Gasteiger partial charge on any atom is -0.418 e. The number of nitrogens with zero attached hydrogens (tertiary/aromatic N) is 2. The monoisotopic (exact) mass is 380 g/mol. The van der Waals surface area contributed by atoms with Gasteiger partial charge in [0.15, 0.2) is 0 Å². The summed E-state index contributed by atoms with van der Waals surface area (Å²) in [5.41, 5.74) is 0. The Bertz CT molecular complexity index is 273. The second kappa shape index (κ2) is 23.0. The van der Waals surface area contributed by atoms with Gasteiger partial charge in [-0.1, -0.05) is 24.3 Å².